The van der Waals surface area contributed by atoms with Gasteiger partial charge in [0.1, 0.15) is 5.76 Å². The van der Waals surface area contributed by atoms with Gasteiger partial charge in [-0.05, 0) is 35.7 Å². The van der Waals surface area contributed by atoms with Crippen LogP contribution >= 0.6 is 22.7 Å². The van der Waals surface area contributed by atoms with Gasteiger partial charge in [0.2, 0.25) is 0 Å². The van der Waals surface area contributed by atoms with E-state index in [1.165, 1.54) is 10.6 Å². The monoisotopic (exact) mass is 338 g/mol. The molecule has 0 aliphatic heterocycles. The second-order valence-corrected chi connectivity index (χ2v) is 6.78. The first-order valence-electron chi connectivity index (χ1n) is 7.24. The zero-order chi connectivity index (χ0) is 15.5. The largest absolute Gasteiger partial charge is 0.467 e. The molecule has 4 rings (SSSR count). The third-order valence-corrected chi connectivity index (χ3v) is 5.20. The Bertz CT molecular complexity index is 933. The van der Waals surface area contributed by atoms with Crippen LogP contribution in [0.1, 0.15) is 5.76 Å². The smallest absolute Gasteiger partial charge is 0.190 e. The van der Waals surface area contributed by atoms with Crippen molar-refractivity contribution in [3.63, 3.8) is 0 Å². The number of aromatic nitrogens is 1. The normalized spacial score (nSPS) is 11.9. The zero-order valence-corrected chi connectivity index (χ0v) is 13.9. The van der Waals surface area contributed by atoms with Crippen LogP contribution in [0, 0.1) is 0 Å². The Labute approximate surface area is 141 Å². The predicted octanol–water partition coefficient (Wildman–Crippen LogP) is 5.15. The van der Waals surface area contributed by atoms with Crippen molar-refractivity contribution < 1.29 is 4.42 Å². The summed E-state index contributed by atoms with van der Waals surface area (Å²) in [4.78, 5) is 7.00. The zero-order valence-electron chi connectivity index (χ0n) is 12.3. The summed E-state index contributed by atoms with van der Waals surface area (Å²) >= 11 is 3.39. The van der Waals surface area contributed by atoms with E-state index >= 15 is 0 Å². The number of furan rings is 1. The van der Waals surface area contributed by atoms with E-state index in [1.54, 1.807) is 28.9 Å². The average Bonchev–Trinajstić information content (AvgIpc) is 3.32. The molecule has 23 heavy (non-hydrogen) atoms. The van der Waals surface area contributed by atoms with Gasteiger partial charge in [0.15, 0.2) is 4.80 Å². The van der Waals surface area contributed by atoms with Crippen molar-refractivity contribution in [2.45, 2.75) is 6.54 Å². The molecular weight excluding hydrogens is 324 g/mol. The molecule has 3 nitrogen and oxygen atoms in total. The van der Waals surface area contributed by atoms with Crippen LogP contribution in [0.15, 0.2) is 81.0 Å². The molecule has 0 aliphatic carbocycles. The summed E-state index contributed by atoms with van der Waals surface area (Å²) < 4.78 is 7.74. The van der Waals surface area contributed by atoms with Crippen molar-refractivity contribution >= 4 is 28.4 Å². The predicted molar refractivity (Wildman–Crippen MR) is 95.1 cm³/mol. The molecule has 0 saturated heterocycles. The lowest BCUT2D eigenvalue weighted by Crippen LogP contribution is -2.16. The fraction of sp³-hybridized carbons (Fsp3) is 0.0556. The summed E-state index contributed by atoms with van der Waals surface area (Å²) in [5, 5.41) is 4.26. The van der Waals surface area contributed by atoms with Gasteiger partial charge in [0, 0.05) is 5.38 Å². The van der Waals surface area contributed by atoms with E-state index in [4.69, 9.17) is 9.41 Å². The number of rotatable bonds is 4. The fourth-order valence-corrected chi connectivity index (χ4v) is 4.11. The maximum Gasteiger partial charge on any atom is 0.190 e. The van der Waals surface area contributed by atoms with E-state index < -0.39 is 0 Å². The molecule has 0 unspecified atom stereocenters. The maximum atomic E-state index is 5.53. The Morgan fingerprint density at radius 3 is 2.61 bits per heavy atom. The lowest BCUT2D eigenvalue weighted by atomic mass is 10.3. The van der Waals surface area contributed by atoms with Crippen LogP contribution in [0.3, 0.4) is 0 Å². The summed E-state index contributed by atoms with van der Waals surface area (Å²) in [6, 6.07) is 18.2. The van der Waals surface area contributed by atoms with Crippen LogP contribution in [-0.2, 0) is 6.54 Å². The van der Waals surface area contributed by atoms with Gasteiger partial charge in [0.05, 0.1) is 29.1 Å². The van der Waals surface area contributed by atoms with Gasteiger partial charge >= 0.3 is 0 Å². The molecule has 0 N–H and O–H groups in total. The Morgan fingerprint density at radius 1 is 0.957 bits per heavy atom. The standard InChI is InChI=1S/C18H14N2OS2/c1-2-6-14(7-3-1)19-18-20(12-15-8-4-10-21-15)16(13-23-18)17-9-5-11-22-17/h1-11,13H,12H2. The fourth-order valence-electron chi connectivity index (χ4n) is 2.37. The number of hydrogen-bond acceptors (Lipinski definition) is 4. The molecule has 114 valence electrons. The summed E-state index contributed by atoms with van der Waals surface area (Å²) in [5.74, 6) is 0.927. The topological polar surface area (TPSA) is 30.4 Å². The van der Waals surface area contributed by atoms with Gasteiger partial charge in [-0.3, -0.25) is 0 Å². The number of thiazole rings is 1. The van der Waals surface area contributed by atoms with Crippen LogP contribution < -0.4 is 4.80 Å². The minimum atomic E-state index is 0.676. The average molecular weight is 338 g/mol. The summed E-state index contributed by atoms with van der Waals surface area (Å²) in [6.45, 7) is 0.676. The van der Waals surface area contributed by atoms with Crippen LogP contribution in [0.2, 0.25) is 0 Å². The van der Waals surface area contributed by atoms with E-state index in [2.05, 4.69) is 27.5 Å². The van der Waals surface area contributed by atoms with Crippen molar-refractivity contribution in [2.24, 2.45) is 4.99 Å². The Morgan fingerprint density at radius 2 is 1.87 bits per heavy atom. The molecular formula is C18H14N2OS2. The molecule has 0 saturated carbocycles. The third-order valence-electron chi connectivity index (χ3n) is 3.45. The van der Waals surface area contributed by atoms with Gasteiger partial charge < -0.3 is 8.98 Å². The molecule has 3 aromatic heterocycles. The molecule has 0 aliphatic rings. The van der Waals surface area contributed by atoms with Crippen molar-refractivity contribution in [1.29, 1.82) is 0 Å². The molecule has 0 radical (unpaired) electrons. The number of benzene rings is 1. The Hall–Kier alpha value is -2.37. The summed E-state index contributed by atoms with van der Waals surface area (Å²) in [5.41, 5.74) is 2.14. The van der Waals surface area contributed by atoms with Crippen molar-refractivity contribution in [3.8, 4) is 10.6 Å². The van der Waals surface area contributed by atoms with Crippen molar-refractivity contribution in [2.75, 3.05) is 0 Å². The van der Waals surface area contributed by atoms with Gasteiger partial charge in [-0.15, -0.1) is 22.7 Å². The number of hydrogen-bond donors (Lipinski definition) is 0. The third kappa shape index (κ3) is 3.06. The molecule has 0 fully saturated rings. The molecule has 3 heterocycles. The SMILES string of the molecule is c1ccc(N=c2scc(-c3cccs3)n2Cc2ccco2)cc1. The first-order valence-corrected chi connectivity index (χ1v) is 9.00. The highest BCUT2D eigenvalue weighted by atomic mass is 32.1. The lowest BCUT2D eigenvalue weighted by Gasteiger charge is -2.05. The van der Waals surface area contributed by atoms with E-state index in [-0.39, 0.29) is 0 Å². The molecule has 0 spiro atoms. The number of nitrogens with zero attached hydrogens (tertiary/aromatic N) is 2. The highest BCUT2D eigenvalue weighted by Gasteiger charge is 2.10. The minimum Gasteiger partial charge on any atom is -0.467 e. The van der Waals surface area contributed by atoms with Gasteiger partial charge in [-0.2, -0.15) is 0 Å². The van der Waals surface area contributed by atoms with E-state index in [9.17, 15) is 0 Å². The van der Waals surface area contributed by atoms with Crippen LogP contribution in [0.4, 0.5) is 5.69 Å². The molecule has 5 heteroatoms. The Kier molecular flexibility index (Phi) is 3.96. The minimum absolute atomic E-state index is 0.676. The first-order chi connectivity index (χ1) is 11.4. The summed E-state index contributed by atoms with van der Waals surface area (Å²) in [6.07, 6.45) is 1.71. The van der Waals surface area contributed by atoms with Gasteiger partial charge in [-0.25, -0.2) is 4.99 Å². The molecule has 0 amide bonds. The second kappa shape index (κ2) is 6.40. The Balaban J connectivity index is 1.84. The lowest BCUT2D eigenvalue weighted by molar-refractivity contribution is 0.492. The van der Waals surface area contributed by atoms with Gasteiger partial charge in [-0.1, -0.05) is 24.3 Å². The quantitative estimate of drug-likeness (QED) is 0.506. The number of thiophene rings is 1. The summed E-state index contributed by atoms with van der Waals surface area (Å²) in [7, 11) is 0. The van der Waals surface area contributed by atoms with Crippen molar-refractivity contribution in [1.82, 2.24) is 4.57 Å². The highest BCUT2D eigenvalue weighted by molar-refractivity contribution is 7.14. The van der Waals surface area contributed by atoms with Crippen LogP contribution in [0.5, 0.6) is 0 Å². The molecule has 0 bridgehead atoms. The number of para-hydroxylation sites is 1. The van der Waals surface area contributed by atoms with Crippen LogP contribution in [0.25, 0.3) is 10.6 Å². The van der Waals surface area contributed by atoms with Crippen LogP contribution in [-0.4, -0.2) is 4.57 Å². The van der Waals surface area contributed by atoms with Gasteiger partial charge in [0.25, 0.3) is 0 Å². The molecule has 4 aromatic rings. The van der Waals surface area contributed by atoms with Crippen molar-refractivity contribution in [3.05, 3.63) is 82.2 Å². The molecule has 1 aromatic carbocycles. The second-order valence-electron chi connectivity index (χ2n) is 4.99. The van der Waals surface area contributed by atoms with E-state index in [0.29, 0.717) is 6.54 Å². The highest BCUT2D eigenvalue weighted by Crippen LogP contribution is 2.26. The first kappa shape index (κ1) is 14.2. The van der Waals surface area contributed by atoms with E-state index in [0.717, 1.165) is 16.2 Å². The van der Waals surface area contributed by atoms with E-state index in [1.807, 2.05) is 42.5 Å². The molecule has 0 atom stereocenters. The maximum absolute atomic E-state index is 5.53.